The Morgan fingerprint density at radius 2 is 1.91 bits per heavy atom. The zero-order valence-electron chi connectivity index (χ0n) is 11.7. The molecule has 0 fully saturated rings. The molecule has 2 aromatic rings. The molecular formula is C14H13FN2O5S. The van der Waals surface area contributed by atoms with Crippen LogP contribution in [0.1, 0.15) is 29.1 Å². The summed E-state index contributed by atoms with van der Waals surface area (Å²) in [6, 6.07) is 6.04. The highest BCUT2D eigenvalue weighted by Crippen LogP contribution is 2.30. The average molecular weight is 340 g/mol. The van der Waals surface area contributed by atoms with E-state index in [4.69, 9.17) is 4.55 Å². The second-order valence-corrected chi connectivity index (χ2v) is 5.61. The molecule has 0 aliphatic rings. The largest absolute Gasteiger partial charge is 0.481 e. The zero-order valence-corrected chi connectivity index (χ0v) is 12.5. The first-order valence-electron chi connectivity index (χ1n) is 6.44. The summed E-state index contributed by atoms with van der Waals surface area (Å²) in [7, 11) is 0. The van der Waals surface area contributed by atoms with Gasteiger partial charge in [0, 0.05) is 6.20 Å². The topological polar surface area (TPSA) is 121 Å². The van der Waals surface area contributed by atoms with Gasteiger partial charge in [-0.15, -0.1) is 0 Å². The molecular weight excluding hydrogens is 327 g/mol. The van der Waals surface area contributed by atoms with E-state index in [1.807, 2.05) is 0 Å². The van der Waals surface area contributed by atoms with Gasteiger partial charge in [0.1, 0.15) is 29.4 Å². The van der Waals surface area contributed by atoms with Crippen LogP contribution in [-0.4, -0.2) is 34.9 Å². The molecule has 0 saturated carbocycles. The van der Waals surface area contributed by atoms with Crippen LogP contribution in [0.15, 0.2) is 36.5 Å². The molecule has 122 valence electrons. The molecule has 0 bridgehead atoms. The highest BCUT2D eigenvalue weighted by atomic mass is 32.2. The van der Waals surface area contributed by atoms with Gasteiger partial charge in [0.2, 0.25) is 0 Å². The maximum Gasteiger partial charge on any atom is 0.314 e. The smallest absolute Gasteiger partial charge is 0.314 e. The summed E-state index contributed by atoms with van der Waals surface area (Å²) in [5.74, 6) is -3.53. The van der Waals surface area contributed by atoms with Crippen molar-refractivity contribution in [1.82, 2.24) is 9.97 Å². The molecule has 0 saturated heterocycles. The van der Waals surface area contributed by atoms with Gasteiger partial charge in [0.25, 0.3) is 0 Å². The van der Waals surface area contributed by atoms with Crippen LogP contribution in [0.5, 0.6) is 0 Å². The summed E-state index contributed by atoms with van der Waals surface area (Å²) in [6.07, 6.45) is -0.260. The SMILES string of the molecule is O=C(O)C(c1ccc(F)cc1)C(O)c1ccnc(CS(=O)O)n1. The highest BCUT2D eigenvalue weighted by Gasteiger charge is 2.30. The number of halogens is 1. The number of carbonyl (C=O) groups is 1. The Morgan fingerprint density at radius 3 is 2.48 bits per heavy atom. The number of aliphatic hydroxyl groups excluding tert-OH is 1. The number of aliphatic hydroxyl groups is 1. The number of aromatic nitrogens is 2. The second kappa shape index (κ2) is 7.36. The Hall–Kier alpha value is -2.23. The third-order valence-corrected chi connectivity index (χ3v) is 3.60. The predicted octanol–water partition coefficient (Wildman–Crippen LogP) is 1.24. The molecule has 7 nitrogen and oxygen atoms in total. The van der Waals surface area contributed by atoms with Gasteiger partial charge in [0.15, 0.2) is 11.1 Å². The summed E-state index contributed by atoms with van der Waals surface area (Å²) in [5, 5.41) is 19.7. The summed E-state index contributed by atoms with van der Waals surface area (Å²) in [4.78, 5) is 19.2. The van der Waals surface area contributed by atoms with Crippen LogP contribution in [0.4, 0.5) is 4.39 Å². The lowest BCUT2D eigenvalue weighted by Gasteiger charge is -2.19. The third-order valence-electron chi connectivity index (χ3n) is 3.09. The summed E-state index contributed by atoms with van der Waals surface area (Å²) in [5.41, 5.74) is 0.203. The Bertz CT molecular complexity index is 725. The first-order valence-corrected chi connectivity index (χ1v) is 7.71. The van der Waals surface area contributed by atoms with Gasteiger partial charge in [-0.2, -0.15) is 0 Å². The molecule has 0 radical (unpaired) electrons. The van der Waals surface area contributed by atoms with Crippen LogP contribution in [0.25, 0.3) is 0 Å². The van der Waals surface area contributed by atoms with Crippen LogP contribution in [0, 0.1) is 5.82 Å². The van der Waals surface area contributed by atoms with Crippen LogP contribution in [0.3, 0.4) is 0 Å². The van der Waals surface area contributed by atoms with Crippen LogP contribution < -0.4 is 0 Å². The minimum Gasteiger partial charge on any atom is -0.481 e. The van der Waals surface area contributed by atoms with Crippen LogP contribution >= 0.6 is 0 Å². The lowest BCUT2D eigenvalue weighted by Crippen LogP contribution is -2.21. The van der Waals surface area contributed by atoms with Crippen LogP contribution in [0.2, 0.25) is 0 Å². The van der Waals surface area contributed by atoms with Gasteiger partial charge >= 0.3 is 5.97 Å². The van der Waals surface area contributed by atoms with E-state index >= 15 is 0 Å². The van der Waals surface area contributed by atoms with Gasteiger partial charge in [0.05, 0.1) is 5.69 Å². The fourth-order valence-corrected chi connectivity index (χ4v) is 2.42. The second-order valence-electron chi connectivity index (χ2n) is 4.68. The van der Waals surface area contributed by atoms with E-state index in [0.29, 0.717) is 0 Å². The van der Waals surface area contributed by atoms with Gasteiger partial charge in [-0.1, -0.05) is 12.1 Å². The molecule has 0 spiro atoms. The molecule has 9 heteroatoms. The number of aliphatic carboxylic acids is 1. The van der Waals surface area contributed by atoms with Gasteiger partial charge in [-0.05, 0) is 23.8 Å². The Morgan fingerprint density at radius 1 is 1.26 bits per heavy atom. The van der Waals surface area contributed by atoms with Gasteiger partial charge in [-0.25, -0.2) is 18.6 Å². The van der Waals surface area contributed by atoms with E-state index in [1.54, 1.807) is 0 Å². The van der Waals surface area contributed by atoms with Crippen molar-refractivity contribution in [3.8, 4) is 0 Å². The minimum absolute atomic E-state index is 0.00262. The maximum absolute atomic E-state index is 13.0. The normalized spacial score (nSPS) is 14.9. The molecule has 3 unspecified atom stereocenters. The van der Waals surface area contributed by atoms with Crippen molar-refractivity contribution >= 4 is 17.0 Å². The summed E-state index contributed by atoms with van der Waals surface area (Å²) >= 11 is -2.16. The quantitative estimate of drug-likeness (QED) is 0.677. The van der Waals surface area contributed by atoms with Crippen molar-refractivity contribution in [1.29, 1.82) is 0 Å². The fraction of sp³-hybridized carbons (Fsp3) is 0.214. The number of rotatable bonds is 6. The van der Waals surface area contributed by atoms with E-state index in [-0.39, 0.29) is 22.8 Å². The summed E-state index contributed by atoms with van der Waals surface area (Å²) < 4.78 is 32.6. The lowest BCUT2D eigenvalue weighted by atomic mass is 9.91. The number of carboxylic acids is 1. The van der Waals surface area contributed by atoms with Crippen LogP contribution in [-0.2, 0) is 21.6 Å². The number of hydrogen-bond acceptors (Lipinski definition) is 5. The van der Waals surface area contributed by atoms with Gasteiger partial charge < -0.3 is 14.8 Å². The van der Waals surface area contributed by atoms with Gasteiger partial charge in [-0.3, -0.25) is 4.79 Å². The monoisotopic (exact) mass is 340 g/mol. The molecule has 0 amide bonds. The number of carboxylic acid groups (broad SMARTS) is 1. The first kappa shape index (κ1) is 17.1. The molecule has 1 aromatic carbocycles. The number of benzene rings is 1. The highest BCUT2D eigenvalue weighted by molar-refractivity contribution is 7.78. The molecule has 3 atom stereocenters. The van der Waals surface area contributed by atoms with E-state index in [2.05, 4.69) is 9.97 Å². The molecule has 2 rings (SSSR count). The lowest BCUT2D eigenvalue weighted by molar-refractivity contribution is -0.141. The molecule has 0 aliphatic heterocycles. The number of nitrogens with zero attached hydrogens (tertiary/aromatic N) is 2. The molecule has 0 aliphatic carbocycles. The standard InChI is InChI=1S/C14H13FN2O5S/c15-9-3-1-8(2-4-9)12(14(19)20)13(18)10-5-6-16-11(17-10)7-23(21)22/h1-6,12-13,18H,7H2,(H,19,20)(H,21,22). The van der Waals surface area contributed by atoms with Crippen molar-refractivity contribution in [3.05, 3.63) is 59.4 Å². The van der Waals surface area contributed by atoms with Crippen molar-refractivity contribution in [2.75, 3.05) is 0 Å². The van der Waals surface area contributed by atoms with Crippen molar-refractivity contribution in [2.24, 2.45) is 0 Å². The van der Waals surface area contributed by atoms with Crippen molar-refractivity contribution in [2.45, 2.75) is 17.8 Å². The molecule has 1 heterocycles. The fourth-order valence-electron chi connectivity index (χ4n) is 2.06. The first-order chi connectivity index (χ1) is 10.9. The van der Waals surface area contributed by atoms with Crippen molar-refractivity contribution in [3.63, 3.8) is 0 Å². The maximum atomic E-state index is 13.0. The van der Waals surface area contributed by atoms with E-state index < -0.39 is 34.9 Å². The Kier molecular flexibility index (Phi) is 5.48. The zero-order chi connectivity index (χ0) is 17.0. The third kappa shape index (κ3) is 4.38. The Labute approximate surface area is 133 Å². The average Bonchev–Trinajstić information content (AvgIpc) is 2.48. The Balaban J connectivity index is 2.34. The van der Waals surface area contributed by atoms with E-state index in [9.17, 15) is 23.6 Å². The predicted molar refractivity (Wildman–Crippen MR) is 78.2 cm³/mol. The molecule has 3 N–H and O–H groups in total. The number of hydrogen-bond donors (Lipinski definition) is 3. The van der Waals surface area contributed by atoms with E-state index in [1.165, 1.54) is 24.4 Å². The minimum atomic E-state index is -2.16. The summed E-state index contributed by atoms with van der Waals surface area (Å²) in [6.45, 7) is 0. The molecule has 1 aromatic heterocycles. The van der Waals surface area contributed by atoms with Crippen molar-refractivity contribution < 1.29 is 28.2 Å². The molecule has 23 heavy (non-hydrogen) atoms. The van der Waals surface area contributed by atoms with E-state index in [0.717, 1.165) is 12.1 Å².